The number of nitrogens with zero attached hydrogens (tertiary/aromatic N) is 1. The zero-order valence-electron chi connectivity index (χ0n) is 8.78. The Morgan fingerprint density at radius 1 is 1.57 bits per heavy atom. The number of likely N-dealkylation sites (tertiary alicyclic amines) is 1. The van der Waals surface area contributed by atoms with Crippen LogP contribution in [-0.2, 0) is 4.79 Å². The predicted molar refractivity (Wildman–Crippen MR) is 54.7 cm³/mol. The quantitative estimate of drug-likeness (QED) is 0.669. The number of carbonyl (C=O) groups is 1. The minimum atomic E-state index is -0.261. The highest BCUT2D eigenvalue weighted by molar-refractivity contribution is 5.73. The predicted octanol–water partition coefficient (Wildman–Crippen LogP) is -0.0454. The molecule has 0 aromatic heterocycles. The molecule has 1 heterocycles. The number of primary amides is 1. The number of β-amino-alcohol motifs (C(OH)–C–C–N with tert-alkyl or cyclic N) is 1. The smallest absolute Gasteiger partial charge is 0.217 e. The highest BCUT2D eigenvalue weighted by atomic mass is 16.3. The summed E-state index contributed by atoms with van der Waals surface area (Å²) >= 11 is 0. The topological polar surface area (TPSA) is 66.6 Å². The van der Waals surface area contributed by atoms with Gasteiger partial charge in [-0.05, 0) is 38.8 Å². The summed E-state index contributed by atoms with van der Waals surface area (Å²) in [5.41, 5.74) is 5.15. The van der Waals surface area contributed by atoms with Crippen molar-refractivity contribution in [2.45, 2.75) is 32.3 Å². The maximum Gasteiger partial charge on any atom is 0.217 e. The molecule has 0 aliphatic carbocycles. The lowest BCUT2D eigenvalue weighted by Gasteiger charge is -2.32. The summed E-state index contributed by atoms with van der Waals surface area (Å²) < 4.78 is 0. The van der Waals surface area contributed by atoms with Crippen LogP contribution in [0.3, 0.4) is 0 Å². The van der Waals surface area contributed by atoms with Gasteiger partial charge in [-0.2, -0.15) is 0 Å². The van der Waals surface area contributed by atoms with Crippen LogP contribution in [0, 0.1) is 5.92 Å². The highest BCUT2D eigenvalue weighted by Crippen LogP contribution is 2.19. The SMILES string of the molecule is C[C@H](O)CN1CCC(CC(N)=O)CC1. The van der Waals surface area contributed by atoms with Gasteiger partial charge in [-0.1, -0.05) is 0 Å². The van der Waals surface area contributed by atoms with Gasteiger partial charge in [0.2, 0.25) is 5.91 Å². The third-order valence-electron chi connectivity index (χ3n) is 2.72. The molecule has 0 spiro atoms. The van der Waals surface area contributed by atoms with Crippen molar-refractivity contribution in [3.05, 3.63) is 0 Å². The molecule has 1 atom stereocenters. The van der Waals surface area contributed by atoms with E-state index < -0.39 is 0 Å². The van der Waals surface area contributed by atoms with Crippen molar-refractivity contribution in [1.82, 2.24) is 4.90 Å². The number of aliphatic hydroxyl groups excluding tert-OH is 1. The largest absolute Gasteiger partial charge is 0.392 e. The first-order chi connectivity index (χ1) is 6.58. The molecule has 82 valence electrons. The molecule has 1 rings (SSSR count). The van der Waals surface area contributed by atoms with Crippen molar-refractivity contribution in [2.24, 2.45) is 11.7 Å². The van der Waals surface area contributed by atoms with E-state index in [4.69, 9.17) is 5.73 Å². The number of carbonyl (C=O) groups excluding carboxylic acids is 1. The lowest BCUT2D eigenvalue weighted by Crippen LogP contribution is -2.38. The van der Waals surface area contributed by atoms with Crippen molar-refractivity contribution >= 4 is 5.91 Å². The Labute approximate surface area is 85.1 Å². The molecule has 0 aromatic rings. The van der Waals surface area contributed by atoms with E-state index in [1.165, 1.54) is 0 Å². The normalized spacial score (nSPS) is 22.1. The van der Waals surface area contributed by atoms with Crippen LogP contribution in [0.15, 0.2) is 0 Å². The van der Waals surface area contributed by atoms with Crippen LogP contribution in [0.2, 0.25) is 0 Å². The molecule has 1 amide bonds. The average Bonchev–Trinajstić information content (AvgIpc) is 2.06. The summed E-state index contributed by atoms with van der Waals surface area (Å²) in [5.74, 6) is 0.261. The molecule has 4 heteroatoms. The zero-order valence-corrected chi connectivity index (χ0v) is 8.78. The Hall–Kier alpha value is -0.610. The number of aliphatic hydroxyl groups is 1. The minimum Gasteiger partial charge on any atom is -0.392 e. The Bertz CT molecular complexity index is 187. The van der Waals surface area contributed by atoms with Crippen LogP contribution in [0.4, 0.5) is 0 Å². The van der Waals surface area contributed by atoms with Gasteiger partial charge in [-0.3, -0.25) is 4.79 Å². The number of hydrogen-bond acceptors (Lipinski definition) is 3. The third kappa shape index (κ3) is 4.07. The number of rotatable bonds is 4. The monoisotopic (exact) mass is 200 g/mol. The van der Waals surface area contributed by atoms with E-state index in [9.17, 15) is 9.90 Å². The van der Waals surface area contributed by atoms with Gasteiger partial charge in [0.05, 0.1) is 6.10 Å². The van der Waals surface area contributed by atoms with Crippen LogP contribution >= 0.6 is 0 Å². The number of nitrogens with two attached hydrogens (primary N) is 1. The molecule has 14 heavy (non-hydrogen) atoms. The van der Waals surface area contributed by atoms with Crippen LogP contribution < -0.4 is 5.73 Å². The summed E-state index contributed by atoms with van der Waals surface area (Å²) in [4.78, 5) is 12.9. The molecule has 0 bridgehead atoms. The van der Waals surface area contributed by atoms with E-state index in [2.05, 4.69) is 4.90 Å². The molecule has 1 aliphatic rings. The molecule has 1 saturated heterocycles. The molecule has 0 saturated carbocycles. The Balaban J connectivity index is 2.21. The molecular weight excluding hydrogens is 180 g/mol. The van der Waals surface area contributed by atoms with Crippen molar-refractivity contribution < 1.29 is 9.90 Å². The fraction of sp³-hybridized carbons (Fsp3) is 0.900. The summed E-state index contributed by atoms with van der Waals surface area (Å²) in [6, 6.07) is 0. The van der Waals surface area contributed by atoms with E-state index in [-0.39, 0.29) is 12.0 Å². The summed E-state index contributed by atoms with van der Waals surface area (Å²) in [6.07, 6.45) is 2.30. The number of hydrogen-bond donors (Lipinski definition) is 2. The summed E-state index contributed by atoms with van der Waals surface area (Å²) in [5, 5.41) is 9.20. The second kappa shape index (κ2) is 5.32. The Morgan fingerprint density at radius 2 is 2.14 bits per heavy atom. The maximum atomic E-state index is 10.7. The molecule has 4 nitrogen and oxygen atoms in total. The van der Waals surface area contributed by atoms with E-state index in [1.807, 2.05) is 0 Å². The molecule has 1 aliphatic heterocycles. The van der Waals surface area contributed by atoms with Gasteiger partial charge >= 0.3 is 0 Å². The fourth-order valence-electron chi connectivity index (χ4n) is 2.03. The Morgan fingerprint density at radius 3 is 2.57 bits per heavy atom. The number of amides is 1. The van der Waals surface area contributed by atoms with Crippen LogP contribution in [-0.4, -0.2) is 41.7 Å². The van der Waals surface area contributed by atoms with Crippen LogP contribution in [0.1, 0.15) is 26.2 Å². The van der Waals surface area contributed by atoms with Crippen molar-refractivity contribution in [3.8, 4) is 0 Å². The lowest BCUT2D eigenvalue weighted by atomic mass is 9.93. The molecule has 1 fully saturated rings. The first kappa shape index (κ1) is 11.5. The van der Waals surface area contributed by atoms with Crippen molar-refractivity contribution in [1.29, 1.82) is 0 Å². The van der Waals surface area contributed by atoms with Gasteiger partial charge in [0.15, 0.2) is 0 Å². The summed E-state index contributed by atoms with van der Waals surface area (Å²) in [7, 11) is 0. The maximum absolute atomic E-state index is 10.7. The van der Waals surface area contributed by atoms with Gasteiger partial charge in [0, 0.05) is 13.0 Å². The van der Waals surface area contributed by atoms with E-state index in [0.29, 0.717) is 12.3 Å². The van der Waals surface area contributed by atoms with Crippen molar-refractivity contribution in [3.63, 3.8) is 0 Å². The van der Waals surface area contributed by atoms with Crippen LogP contribution in [0.25, 0.3) is 0 Å². The first-order valence-corrected chi connectivity index (χ1v) is 5.26. The zero-order chi connectivity index (χ0) is 10.6. The lowest BCUT2D eigenvalue weighted by molar-refractivity contribution is -0.119. The van der Waals surface area contributed by atoms with Gasteiger partial charge in [-0.25, -0.2) is 0 Å². The van der Waals surface area contributed by atoms with Gasteiger partial charge < -0.3 is 15.7 Å². The van der Waals surface area contributed by atoms with E-state index in [1.54, 1.807) is 6.92 Å². The Kier molecular flexibility index (Phi) is 4.35. The first-order valence-electron chi connectivity index (χ1n) is 5.26. The summed E-state index contributed by atoms with van der Waals surface area (Å²) in [6.45, 7) is 4.49. The van der Waals surface area contributed by atoms with E-state index >= 15 is 0 Å². The second-order valence-electron chi connectivity index (χ2n) is 4.26. The average molecular weight is 200 g/mol. The van der Waals surface area contributed by atoms with Gasteiger partial charge in [0.1, 0.15) is 0 Å². The van der Waals surface area contributed by atoms with Crippen LogP contribution in [0.5, 0.6) is 0 Å². The highest BCUT2D eigenvalue weighted by Gasteiger charge is 2.20. The molecule has 0 radical (unpaired) electrons. The second-order valence-corrected chi connectivity index (χ2v) is 4.26. The van der Waals surface area contributed by atoms with Crippen molar-refractivity contribution in [2.75, 3.05) is 19.6 Å². The molecular formula is C10H20N2O2. The molecule has 0 unspecified atom stereocenters. The fourth-order valence-corrected chi connectivity index (χ4v) is 2.03. The number of piperidine rings is 1. The standard InChI is InChI=1S/C10H20N2O2/c1-8(13)7-12-4-2-9(3-5-12)6-10(11)14/h8-9,13H,2-7H2,1H3,(H2,11,14)/t8-/m0/s1. The molecule has 0 aromatic carbocycles. The van der Waals surface area contributed by atoms with Gasteiger partial charge in [-0.15, -0.1) is 0 Å². The minimum absolute atomic E-state index is 0.195. The molecule has 3 N–H and O–H groups in total. The van der Waals surface area contributed by atoms with E-state index in [0.717, 1.165) is 32.5 Å². The van der Waals surface area contributed by atoms with Gasteiger partial charge in [0.25, 0.3) is 0 Å². The third-order valence-corrected chi connectivity index (χ3v) is 2.72.